The van der Waals surface area contributed by atoms with Crippen LogP contribution in [0.3, 0.4) is 0 Å². The van der Waals surface area contributed by atoms with Gasteiger partial charge in [0.1, 0.15) is 0 Å². The molecule has 122 valence electrons. The van der Waals surface area contributed by atoms with Crippen molar-refractivity contribution >= 4 is 20.0 Å². The summed E-state index contributed by atoms with van der Waals surface area (Å²) in [5.74, 6) is 4.50. The van der Waals surface area contributed by atoms with Gasteiger partial charge in [0.25, 0.3) is 0 Å². The molecule has 0 N–H and O–H groups in total. The average Bonchev–Trinajstić information content (AvgIpc) is 3.23. The third-order valence-corrected chi connectivity index (χ3v) is 9.85. The van der Waals surface area contributed by atoms with Crippen LogP contribution in [0.1, 0.15) is 35.0 Å². The van der Waals surface area contributed by atoms with E-state index in [9.17, 15) is 0 Å². The number of allylic oxidation sites excluding steroid dienone is 5. The van der Waals surface area contributed by atoms with Crippen molar-refractivity contribution in [3.63, 3.8) is 0 Å². The molecule has 0 amide bonds. The Hall–Kier alpha value is -0.387. The zero-order chi connectivity index (χ0) is 15.1. The summed E-state index contributed by atoms with van der Waals surface area (Å²) in [5.41, 5.74) is 7.56. The van der Waals surface area contributed by atoms with Crippen LogP contribution in [0.15, 0.2) is 62.7 Å². The van der Waals surface area contributed by atoms with Crippen molar-refractivity contribution in [2.45, 2.75) is 23.9 Å². The van der Waals surface area contributed by atoms with Crippen LogP contribution >= 0.6 is 8.19 Å². The predicted molar refractivity (Wildman–Crippen MR) is 91.4 cm³/mol. The summed E-state index contributed by atoms with van der Waals surface area (Å²) >= 11 is -0.676. The minimum Gasteiger partial charge on any atom is -1.00 e. The molecule has 4 rings (SSSR count). The molecule has 1 aromatic heterocycles. The molecule has 1 nitrogen and oxygen atoms in total. The summed E-state index contributed by atoms with van der Waals surface area (Å²) < 4.78 is 4.78. The van der Waals surface area contributed by atoms with Crippen LogP contribution in [0.2, 0.25) is 0 Å². The molecule has 1 atom stereocenters. The number of aromatic nitrogens is 1. The van der Waals surface area contributed by atoms with E-state index in [1.807, 2.05) is 0 Å². The fraction of sp³-hybridized carbons (Fsp3) is 0.211. The molecule has 1 heterocycles. The molecule has 1 aromatic carbocycles. The summed E-state index contributed by atoms with van der Waals surface area (Å²) in [6.45, 7) is 4.58. The number of hydrogen-bond acceptors (Lipinski definition) is 0. The molecule has 24 heavy (non-hydrogen) atoms. The van der Waals surface area contributed by atoms with Crippen LogP contribution in [-0.2, 0) is 23.2 Å². The van der Waals surface area contributed by atoms with Gasteiger partial charge in [0.15, 0.2) is 0 Å². The standard InChI is InChI=1S/C12H9NP.C7H9.2ClH.Zr/c1-2-4-11-8-12(7-10(11)3-1)13-5-6-14-9-13;1-6-4-3-5-7(6)2;;;/h1-9H;4H,3H2,1-2H3;2*1H;/q;;;;+2/p-2. The van der Waals surface area contributed by atoms with Crippen molar-refractivity contribution < 1.29 is 48.0 Å². The SMILES string of the molecule is CC1=CC[C]([Zr+2][CH]2C(n3ccpc3)=Cc3ccccc32)=C1C.[Cl-].[Cl-]. The van der Waals surface area contributed by atoms with Gasteiger partial charge in [-0.25, -0.2) is 0 Å². The van der Waals surface area contributed by atoms with Crippen LogP contribution in [0.5, 0.6) is 0 Å². The van der Waals surface area contributed by atoms with Crippen molar-refractivity contribution in [3.05, 3.63) is 73.8 Å². The normalized spacial score (nSPS) is 18.5. The number of benzene rings is 1. The fourth-order valence-electron chi connectivity index (χ4n) is 3.24. The molecule has 5 heteroatoms. The molecular formula is C19H18Cl2NPZr. The number of halogens is 2. The van der Waals surface area contributed by atoms with Crippen molar-refractivity contribution in [2.75, 3.05) is 0 Å². The van der Waals surface area contributed by atoms with E-state index >= 15 is 0 Å². The molecule has 2 aromatic rings. The van der Waals surface area contributed by atoms with E-state index in [1.165, 1.54) is 31.4 Å². The van der Waals surface area contributed by atoms with Crippen LogP contribution in [0, 0.1) is 0 Å². The smallest absolute Gasteiger partial charge is 1.00 e. The van der Waals surface area contributed by atoms with Gasteiger partial charge in [-0.2, -0.15) is 0 Å². The summed E-state index contributed by atoms with van der Waals surface area (Å²) in [7, 11) is 1.30. The Morgan fingerprint density at radius 2 is 1.96 bits per heavy atom. The second-order valence-electron chi connectivity index (χ2n) is 5.94. The number of rotatable bonds is 3. The van der Waals surface area contributed by atoms with E-state index in [0.29, 0.717) is 3.63 Å². The first-order valence-electron chi connectivity index (χ1n) is 7.66. The first-order valence-corrected chi connectivity index (χ1v) is 11.3. The molecule has 0 fully saturated rings. The maximum absolute atomic E-state index is 2.41. The van der Waals surface area contributed by atoms with Crippen LogP contribution in [-0.4, -0.2) is 4.57 Å². The van der Waals surface area contributed by atoms with Crippen molar-refractivity contribution in [1.29, 1.82) is 0 Å². The Morgan fingerprint density at radius 3 is 2.62 bits per heavy atom. The minimum absolute atomic E-state index is 0. The number of fused-ring (bicyclic) bond motifs is 1. The second kappa shape index (κ2) is 8.33. The molecule has 2 aliphatic carbocycles. The molecule has 0 aliphatic heterocycles. The number of hydrogen-bond donors (Lipinski definition) is 0. The van der Waals surface area contributed by atoms with Crippen LogP contribution < -0.4 is 24.8 Å². The van der Waals surface area contributed by atoms with E-state index in [0.717, 1.165) is 0 Å². The van der Waals surface area contributed by atoms with Gasteiger partial charge in [-0.3, -0.25) is 0 Å². The Morgan fingerprint density at radius 1 is 1.17 bits per heavy atom. The second-order valence-corrected chi connectivity index (χ2v) is 10.4. The van der Waals surface area contributed by atoms with Gasteiger partial charge in [-0.15, -0.1) is 0 Å². The monoisotopic (exact) mass is 451 g/mol. The zero-order valence-corrected chi connectivity index (χ0v) is 18.5. The Kier molecular flexibility index (Phi) is 6.92. The molecule has 0 bridgehead atoms. The summed E-state index contributed by atoms with van der Waals surface area (Å²) in [5, 5.41) is 0. The molecule has 0 saturated carbocycles. The van der Waals surface area contributed by atoms with Gasteiger partial charge in [-0.1, -0.05) is 0 Å². The van der Waals surface area contributed by atoms with Gasteiger partial charge >= 0.3 is 145 Å². The Bertz CT molecular complexity index is 822. The first-order chi connectivity index (χ1) is 10.7. The number of nitrogens with zero attached hydrogens (tertiary/aromatic N) is 1. The minimum atomic E-state index is -0.676. The van der Waals surface area contributed by atoms with Gasteiger partial charge in [0, 0.05) is 0 Å². The molecule has 0 radical (unpaired) electrons. The third-order valence-electron chi connectivity index (χ3n) is 4.68. The van der Waals surface area contributed by atoms with Crippen LogP contribution in [0.25, 0.3) is 11.8 Å². The van der Waals surface area contributed by atoms with E-state index in [-0.39, 0.29) is 24.8 Å². The van der Waals surface area contributed by atoms with E-state index in [2.05, 4.69) is 72.8 Å². The Labute approximate surface area is 169 Å². The average molecular weight is 453 g/mol. The molecule has 0 spiro atoms. The third kappa shape index (κ3) is 3.58. The summed E-state index contributed by atoms with van der Waals surface area (Å²) in [6, 6.07) is 8.97. The Balaban J connectivity index is 0.00000104. The van der Waals surface area contributed by atoms with Crippen molar-refractivity contribution in [3.8, 4) is 0 Å². The van der Waals surface area contributed by atoms with Gasteiger partial charge in [0.2, 0.25) is 0 Å². The van der Waals surface area contributed by atoms with Crippen molar-refractivity contribution in [1.82, 2.24) is 4.57 Å². The van der Waals surface area contributed by atoms with Gasteiger partial charge < -0.3 is 24.8 Å². The summed E-state index contributed by atoms with van der Waals surface area (Å²) in [6.07, 6.45) is 8.25. The largest absolute Gasteiger partial charge is 1.00 e. The van der Waals surface area contributed by atoms with Gasteiger partial charge in [-0.05, 0) is 0 Å². The quantitative estimate of drug-likeness (QED) is 0.609. The predicted octanol–water partition coefficient (Wildman–Crippen LogP) is -0.164. The van der Waals surface area contributed by atoms with Gasteiger partial charge in [0.05, 0.1) is 0 Å². The first kappa shape index (κ1) is 19.9. The molecule has 0 saturated heterocycles. The maximum atomic E-state index is 2.41. The topological polar surface area (TPSA) is 4.93 Å². The maximum Gasteiger partial charge on any atom is -1.00 e. The zero-order valence-electron chi connectivity index (χ0n) is 13.6. The van der Waals surface area contributed by atoms with E-state index < -0.39 is 23.2 Å². The van der Waals surface area contributed by atoms with Crippen LogP contribution in [0.4, 0.5) is 0 Å². The fourth-order valence-corrected chi connectivity index (χ4v) is 8.26. The van der Waals surface area contributed by atoms with Crippen molar-refractivity contribution in [2.24, 2.45) is 0 Å². The molecular weight excluding hydrogens is 435 g/mol. The van der Waals surface area contributed by atoms with E-state index in [4.69, 9.17) is 0 Å². The summed E-state index contributed by atoms with van der Waals surface area (Å²) in [4.78, 5) is 0. The molecule has 1 unspecified atom stereocenters. The molecule has 2 aliphatic rings. The van der Waals surface area contributed by atoms with E-state index in [1.54, 1.807) is 14.4 Å².